The normalized spacial score (nSPS) is 14.4. The molecule has 1 aromatic heterocycles. The van der Waals surface area contributed by atoms with Gasteiger partial charge in [-0.2, -0.15) is 0 Å². The number of aromatic nitrogens is 2. The largest absolute Gasteiger partial charge is 0.342 e. The van der Waals surface area contributed by atoms with Crippen LogP contribution in [0, 0.1) is 0 Å². The van der Waals surface area contributed by atoms with E-state index in [1.807, 2.05) is 48.5 Å². The quantitative estimate of drug-likeness (QED) is 0.561. The van der Waals surface area contributed by atoms with Crippen LogP contribution in [-0.2, 0) is 0 Å². The number of nitrogens with one attached hydrogen (secondary N) is 1. The fraction of sp³-hybridized carbons (Fsp3) is 0.222. The monoisotopic (exact) mass is 308 g/mol. The van der Waals surface area contributed by atoms with Crippen LogP contribution in [0.1, 0.15) is 34.9 Å². The van der Waals surface area contributed by atoms with E-state index in [2.05, 4.69) is 9.97 Å². The molecule has 4 rings (SSSR count). The molecule has 0 spiro atoms. The van der Waals surface area contributed by atoms with E-state index < -0.39 is 0 Å². The van der Waals surface area contributed by atoms with Crippen LogP contribution in [0.4, 0.5) is 0 Å². The van der Waals surface area contributed by atoms with Gasteiger partial charge in [-0.15, -0.1) is 11.8 Å². The van der Waals surface area contributed by atoms with E-state index in [0.29, 0.717) is 11.7 Å². The number of fused-ring (bicyclic) bond motifs is 1. The van der Waals surface area contributed by atoms with Gasteiger partial charge in [-0.25, -0.2) is 4.98 Å². The van der Waals surface area contributed by atoms with Gasteiger partial charge in [-0.3, -0.25) is 4.79 Å². The summed E-state index contributed by atoms with van der Waals surface area (Å²) in [5.41, 5.74) is 2.67. The van der Waals surface area contributed by atoms with E-state index in [9.17, 15) is 4.79 Å². The Balaban J connectivity index is 1.51. The molecule has 0 atom stereocenters. The number of Topliss-reactive ketones (excluding diaryl/α,β-unsaturated/α-hetero) is 1. The fourth-order valence-electron chi connectivity index (χ4n) is 2.50. The van der Waals surface area contributed by atoms with Gasteiger partial charge in [-0.05, 0) is 43.2 Å². The SMILES string of the molecule is O=C(CSc1ccccc1)c1ccc2nc(C3CC3)[nH]c2c1. The average molecular weight is 308 g/mol. The van der Waals surface area contributed by atoms with Gasteiger partial charge in [0.25, 0.3) is 0 Å². The van der Waals surface area contributed by atoms with Gasteiger partial charge in [0, 0.05) is 16.4 Å². The molecule has 1 aliphatic carbocycles. The fourth-order valence-corrected chi connectivity index (χ4v) is 3.32. The highest BCUT2D eigenvalue weighted by atomic mass is 32.2. The molecule has 22 heavy (non-hydrogen) atoms. The van der Waals surface area contributed by atoms with Crippen molar-refractivity contribution in [2.24, 2.45) is 0 Å². The summed E-state index contributed by atoms with van der Waals surface area (Å²) in [4.78, 5) is 21.4. The summed E-state index contributed by atoms with van der Waals surface area (Å²) in [5, 5.41) is 0. The summed E-state index contributed by atoms with van der Waals surface area (Å²) in [7, 11) is 0. The number of nitrogens with zero attached hydrogens (tertiary/aromatic N) is 1. The van der Waals surface area contributed by atoms with Gasteiger partial charge >= 0.3 is 0 Å². The smallest absolute Gasteiger partial charge is 0.173 e. The maximum absolute atomic E-state index is 12.4. The molecule has 1 aliphatic rings. The van der Waals surface area contributed by atoms with E-state index in [4.69, 9.17) is 0 Å². The molecule has 0 radical (unpaired) electrons. The Labute approximate surface area is 133 Å². The van der Waals surface area contributed by atoms with Crippen LogP contribution >= 0.6 is 11.8 Å². The summed E-state index contributed by atoms with van der Waals surface area (Å²) < 4.78 is 0. The average Bonchev–Trinajstić information content (AvgIpc) is 3.32. The van der Waals surface area contributed by atoms with Gasteiger partial charge in [0.1, 0.15) is 5.82 Å². The number of carbonyl (C=O) groups excluding carboxylic acids is 1. The third kappa shape index (κ3) is 2.79. The van der Waals surface area contributed by atoms with E-state index in [0.717, 1.165) is 27.3 Å². The van der Waals surface area contributed by atoms with Crippen molar-refractivity contribution in [3.63, 3.8) is 0 Å². The lowest BCUT2D eigenvalue weighted by Crippen LogP contribution is -2.02. The number of imidazole rings is 1. The van der Waals surface area contributed by atoms with Gasteiger partial charge in [0.2, 0.25) is 0 Å². The van der Waals surface area contributed by atoms with Crippen molar-refractivity contribution in [3.05, 3.63) is 59.9 Å². The molecule has 1 heterocycles. The summed E-state index contributed by atoms with van der Waals surface area (Å²) in [6.45, 7) is 0. The number of hydrogen-bond donors (Lipinski definition) is 1. The first-order valence-corrected chi connectivity index (χ1v) is 8.49. The summed E-state index contributed by atoms with van der Waals surface area (Å²) in [5.74, 6) is 2.27. The van der Waals surface area contributed by atoms with Crippen molar-refractivity contribution >= 4 is 28.6 Å². The second kappa shape index (κ2) is 5.61. The van der Waals surface area contributed by atoms with Crippen molar-refractivity contribution in [1.82, 2.24) is 9.97 Å². The number of carbonyl (C=O) groups is 1. The van der Waals surface area contributed by atoms with Gasteiger partial charge in [0.15, 0.2) is 5.78 Å². The molecule has 3 nitrogen and oxygen atoms in total. The molecular formula is C18H16N2OS. The van der Waals surface area contributed by atoms with Crippen LogP contribution in [0.2, 0.25) is 0 Å². The number of ketones is 1. The molecule has 3 aromatic rings. The molecule has 1 fully saturated rings. The second-order valence-electron chi connectivity index (χ2n) is 5.65. The van der Waals surface area contributed by atoms with Gasteiger partial charge in [-0.1, -0.05) is 18.2 Å². The summed E-state index contributed by atoms with van der Waals surface area (Å²) >= 11 is 1.57. The van der Waals surface area contributed by atoms with Gasteiger partial charge < -0.3 is 4.98 Å². The third-order valence-corrected chi connectivity index (χ3v) is 4.91. The first kappa shape index (κ1) is 13.6. The molecule has 1 N–H and O–H groups in total. The summed E-state index contributed by atoms with van der Waals surface area (Å²) in [6.07, 6.45) is 2.44. The standard InChI is InChI=1S/C18H16N2OS/c21-17(11-22-14-4-2-1-3-5-14)13-8-9-15-16(10-13)20-18(19-15)12-6-7-12/h1-5,8-10,12H,6-7,11H2,(H,19,20). The Morgan fingerprint density at radius 3 is 2.77 bits per heavy atom. The number of H-pyrrole nitrogens is 1. The molecule has 0 aliphatic heterocycles. The van der Waals surface area contributed by atoms with Crippen LogP contribution in [0.3, 0.4) is 0 Å². The molecule has 4 heteroatoms. The lowest BCUT2D eigenvalue weighted by molar-refractivity contribution is 0.102. The van der Waals surface area contributed by atoms with Crippen molar-refractivity contribution < 1.29 is 4.79 Å². The minimum absolute atomic E-state index is 0.151. The molecule has 1 saturated carbocycles. The van der Waals surface area contributed by atoms with Crippen LogP contribution in [0.25, 0.3) is 11.0 Å². The maximum atomic E-state index is 12.4. The van der Waals surface area contributed by atoms with E-state index >= 15 is 0 Å². The summed E-state index contributed by atoms with van der Waals surface area (Å²) in [6, 6.07) is 15.8. The zero-order valence-corrected chi connectivity index (χ0v) is 12.9. The molecule has 110 valence electrons. The van der Waals surface area contributed by atoms with Crippen molar-refractivity contribution in [2.45, 2.75) is 23.7 Å². The zero-order valence-electron chi connectivity index (χ0n) is 12.1. The van der Waals surface area contributed by atoms with Crippen LogP contribution in [0.5, 0.6) is 0 Å². The molecule has 0 amide bonds. The third-order valence-electron chi connectivity index (χ3n) is 3.90. The number of rotatable bonds is 5. The predicted octanol–water partition coefficient (Wildman–Crippen LogP) is 4.42. The zero-order chi connectivity index (χ0) is 14.9. The number of hydrogen-bond acceptors (Lipinski definition) is 3. The maximum Gasteiger partial charge on any atom is 0.173 e. The van der Waals surface area contributed by atoms with Crippen molar-refractivity contribution in [2.75, 3.05) is 5.75 Å². The number of aromatic amines is 1. The van der Waals surface area contributed by atoms with Crippen LogP contribution in [-0.4, -0.2) is 21.5 Å². The lowest BCUT2D eigenvalue weighted by Gasteiger charge is -2.01. The molecule has 0 saturated heterocycles. The lowest BCUT2D eigenvalue weighted by atomic mass is 10.1. The second-order valence-corrected chi connectivity index (χ2v) is 6.70. The van der Waals surface area contributed by atoms with E-state index in [1.165, 1.54) is 12.8 Å². The Hall–Kier alpha value is -2.07. The molecule has 0 bridgehead atoms. The Bertz CT molecular complexity index is 821. The van der Waals surface area contributed by atoms with Crippen LogP contribution in [0.15, 0.2) is 53.4 Å². The van der Waals surface area contributed by atoms with E-state index in [-0.39, 0.29) is 5.78 Å². The predicted molar refractivity (Wildman–Crippen MR) is 89.6 cm³/mol. The van der Waals surface area contributed by atoms with E-state index in [1.54, 1.807) is 11.8 Å². The number of thioether (sulfide) groups is 1. The van der Waals surface area contributed by atoms with Gasteiger partial charge in [0.05, 0.1) is 16.8 Å². The van der Waals surface area contributed by atoms with Crippen molar-refractivity contribution in [1.29, 1.82) is 0 Å². The Morgan fingerprint density at radius 2 is 2.00 bits per heavy atom. The molecular weight excluding hydrogens is 292 g/mol. The first-order chi connectivity index (χ1) is 10.8. The minimum Gasteiger partial charge on any atom is -0.342 e. The Kier molecular flexibility index (Phi) is 3.47. The number of benzene rings is 2. The Morgan fingerprint density at radius 1 is 1.18 bits per heavy atom. The minimum atomic E-state index is 0.151. The van der Waals surface area contributed by atoms with Crippen LogP contribution < -0.4 is 0 Å². The van der Waals surface area contributed by atoms with Crippen molar-refractivity contribution in [3.8, 4) is 0 Å². The highest BCUT2D eigenvalue weighted by Gasteiger charge is 2.26. The molecule has 2 aromatic carbocycles. The first-order valence-electron chi connectivity index (χ1n) is 7.50. The highest BCUT2D eigenvalue weighted by molar-refractivity contribution is 8.00. The topological polar surface area (TPSA) is 45.8 Å². The molecule has 0 unspecified atom stereocenters. The highest BCUT2D eigenvalue weighted by Crippen LogP contribution is 2.39.